The van der Waals surface area contributed by atoms with Gasteiger partial charge in [-0.2, -0.15) is 0 Å². The highest BCUT2D eigenvalue weighted by atomic mass is 16.3. The molecule has 5 aliphatic carbocycles. The van der Waals surface area contributed by atoms with Crippen molar-refractivity contribution in [1.29, 1.82) is 0 Å². The van der Waals surface area contributed by atoms with E-state index >= 15 is 0 Å². The molecule has 5 aliphatic rings. The average molecular weight is 249 g/mol. The Morgan fingerprint density at radius 2 is 1.56 bits per heavy atom. The van der Waals surface area contributed by atoms with Crippen molar-refractivity contribution in [2.75, 3.05) is 0 Å². The van der Waals surface area contributed by atoms with Crippen LogP contribution >= 0.6 is 0 Å². The van der Waals surface area contributed by atoms with Crippen LogP contribution in [-0.4, -0.2) is 22.8 Å². The lowest BCUT2D eigenvalue weighted by atomic mass is 9.52. The summed E-state index contributed by atoms with van der Waals surface area (Å²) in [4.78, 5) is 0. The van der Waals surface area contributed by atoms with Crippen LogP contribution in [0, 0.1) is 17.8 Å². The lowest BCUT2D eigenvalue weighted by Gasteiger charge is -2.58. The SMILES string of the molecule is OC12CC3C[C@@H](C1)C(NC1CCCCC1)[C@@H](C3)C2. The van der Waals surface area contributed by atoms with Crippen molar-refractivity contribution in [2.45, 2.75) is 81.9 Å². The molecule has 0 aromatic heterocycles. The molecule has 0 radical (unpaired) electrons. The summed E-state index contributed by atoms with van der Waals surface area (Å²) in [6, 6.07) is 1.53. The predicted molar refractivity (Wildman–Crippen MR) is 72.3 cm³/mol. The largest absolute Gasteiger partial charge is 0.390 e. The lowest BCUT2D eigenvalue weighted by molar-refractivity contribution is -0.140. The second-order valence-corrected chi connectivity index (χ2v) is 7.72. The fraction of sp³-hybridized carbons (Fsp3) is 1.00. The third-order valence-corrected chi connectivity index (χ3v) is 6.27. The van der Waals surface area contributed by atoms with Crippen molar-refractivity contribution < 1.29 is 5.11 Å². The summed E-state index contributed by atoms with van der Waals surface area (Å²) in [6.45, 7) is 0. The lowest BCUT2D eigenvalue weighted by Crippen LogP contribution is -2.62. The van der Waals surface area contributed by atoms with Crippen molar-refractivity contribution in [3.8, 4) is 0 Å². The fourth-order valence-electron chi connectivity index (χ4n) is 5.79. The Labute approximate surface area is 111 Å². The third kappa shape index (κ3) is 1.92. The molecule has 0 saturated heterocycles. The molecule has 0 aliphatic heterocycles. The number of hydrogen-bond donors (Lipinski definition) is 2. The van der Waals surface area contributed by atoms with E-state index in [1.807, 2.05) is 0 Å². The van der Waals surface area contributed by atoms with Crippen LogP contribution in [0.4, 0.5) is 0 Å². The minimum atomic E-state index is -0.263. The van der Waals surface area contributed by atoms with Crippen LogP contribution in [0.5, 0.6) is 0 Å². The van der Waals surface area contributed by atoms with E-state index < -0.39 is 0 Å². The maximum Gasteiger partial charge on any atom is 0.0657 e. The normalized spacial score (nSPS) is 51.8. The van der Waals surface area contributed by atoms with Crippen LogP contribution in [0.3, 0.4) is 0 Å². The van der Waals surface area contributed by atoms with Gasteiger partial charge in [0, 0.05) is 12.1 Å². The fourth-order valence-corrected chi connectivity index (χ4v) is 5.79. The first kappa shape index (κ1) is 11.7. The number of rotatable bonds is 2. The van der Waals surface area contributed by atoms with Crippen LogP contribution in [0.1, 0.15) is 64.2 Å². The maximum absolute atomic E-state index is 10.6. The monoisotopic (exact) mass is 249 g/mol. The molecule has 0 amide bonds. The first-order valence-electron chi connectivity index (χ1n) is 8.20. The molecular formula is C16H27NO. The highest BCUT2D eigenvalue weighted by Gasteiger charge is 2.54. The molecule has 0 unspecified atom stereocenters. The van der Waals surface area contributed by atoms with E-state index in [9.17, 15) is 5.11 Å². The van der Waals surface area contributed by atoms with Gasteiger partial charge in [-0.05, 0) is 62.7 Å². The van der Waals surface area contributed by atoms with Gasteiger partial charge in [0.1, 0.15) is 0 Å². The Morgan fingerprint density at radius 3 is 2.17 bits per heavy atom. The molecule has 2 heteroatoms. The first-order valence-corrected chi connectivity index (χ1v) is 8.20. The van der Waals surface area contributed by atoms with Gasteiger partial charge in [0.25, 0.3) is 0 Å². The smallest absolute Gasteiger partial charge is 0.0657 e. The van der Waals surface area contributed by atoms with E-state index in [4.69, 9.17) is 0 Å². The van der Waals surface area contributed by atoms with Gasteiger partial charge in [-0.15, -0.1) is 0 Å². The molecule has 2 atom stereocenters. The van der Waals surface area contributed by atoms with Crippen LogP contribution < -0.4 is 5.32 Å². The molecule has 5 fully saturated rings. The Balaban J connectivity index is 1.46. The van der Waals surface area contributed by atoms with Gasteiger partial charge in [0.05, 0.1) is 5.60 Å². The molecule has 18 heavy (non-hydrogen) atoms. The third-order valence-electron chi connectivity index (χ3n) is 6.27. The summed E-state index contributed by atoms with van der Waals surface area (Å²) in [7, 11) is 0. The second-order valence-electron chi connectivity index (χ2n) is 7.72. The molecule has 5 rings (SSSR count). The summed E-state index contributed by atoms with van der Waals surface area (Å²) in [5.74, 6) is 2.41. The van der Waals surface area contributed by atoms with Crippen molar-refractivity contribution in [2.24, 2.45) is 17.8 Å². The Bertz CT molecular complexity index is 307. The zero-order valence-electron chi connectivity index (χ0n) is 11.4. The van der Waals surface area contributed by atoms with Gasteiger partial charge in [-0.1, -0.05) is 19.3 Å². The van der Waals surface area contributed by atoms with Gasteiger partial charge in [0.2, 0.25) is 0 Å². The maximum atomic E-state index is 10.6. The zero-order valence-corrected chi connectivity index (χ0v) is 11.4. The molecule has 2 N–H and O–H groups in total. The zero-order chi connectivity index (χ0) is 12.2. The molecule has 0 heterocycles. The Morgan fingerprint density at radius 1 is 0.889 bits per heavy atom. The Kier molecular flexibility index (Phi) is 2.74. The number of hydrogen-bond acceptors (Lipinski definition) is 2. The van der Waals surface area contributed by atoms with Crippen molar-refractivity contribution in [3.05, 3.63) is 0 Å². The van der Waals surface area contributed by atoms with Gasteiger partial charge < -0.3 is 10.4 Å². The highest BCUT2D eigenvalue weighted by Crippen LogP contribution is 2.55. The van der Waals surface area contributed by atoms with Gasteiger partial charge >= 0.3 is 0 Å². The van der Waals surface area contributed by atoms with E-state index in [1.54, 1.807) is 0 Å². The van der Waals surface area contributed by atoms with Crippen LogP contribution in [0.2, 0.25) is 0 Å². The average Bonchev–Trinajstić information content (AvgIpc) is 2.33. The van der Waals surface area contributed by atoms with Crippen LogP contribution in [-0.2, 0) is 0 Å². The predicted octanol–water partition coefficient (Wildman–Crippen LogP) is 2.85. The van der Waals surface area contributed by atoms with Gasteiger partial charge in [-0.25, -0.2) is 0 Å². The van der Waals surface area contributed by atoms with E-state index in [-0.39, 0.29) is 5.60 Å². The van der Waals surface area contributed by atoms with Crippen molar-refractivity contribution >= 4 is 0 Å². The summed E-state index contributed by atoms with van der Waals surface area (Å²) in [5, 5.41) is 14.6. The van der Waals surface area contributed by atoms with Gasteiger partial charge in [0.15, 0.2) is 0 Å². The quantitative estimate of drug-likeness (QED) is 0.789. The van der Waals surface area contributed by atoms with Crippen molar-refractivity contribution in [3.63, 3.8) is 0 Å². The summed E-state index contributed by atoms with van der Waals surface area (Å²) < 4.78 is 0. The minimum Gasteiger partial charge on any atom is -0.390 e. The highest BCUT2D eigenvalue weighted by molar-refractivity contribution is 5.08. The molecule has 0 aromatic rings. The molecule has 102 valence electrons. The molecule has 0 spiro atoms. The molecule has 2 nitrogen and oxygen atoms in total. The topological polar surface area (TPSA) is 32.3 Å². The number of nitrogens with one attached hydrogen (secondary N) is 1. The summed E-state index contributed by atoms with van der Waals surface area (Å²) in [5.41, 5.74) is -0.263. The minimum absolute atomic E-state index is 0.263. The number of aliphatic hydroxyl groups is 1. The summed E-state index contributed by atoms with van der Waals surface area (Å²) >= 11 is 0. The van der Waals surface area contributed by atoms with E-state index in [1.165, 1.54) is 44.9 Å². The van der Waals surface area contributed by atoms with E-state index in [2.05, 4.69) is 5.32 Å². The molecule has 5 saturated carbocycles. The van der Waals surface area contributed by atoms with Crippen LogP contribution in [0.25, 0.3) is 0 Å². The van der Waals surface area contributed by atoms with Gasteiger partial charge in [-0.3, -0.25) is 0 Å². The molecule has 0 aromatic carbocycles. The van der Waals surface area contributed by atoms with Crippen LogP contribution in [0.15, 0.2) is 0 Å². The second kappa shape index (κ2) is 4.21. The van der Waals surface area contributed by atoms with Crippen molar-refractivity contribution in [1.82, 2.24) is 5.32 Å². The van der Waals surface area contributed by atoms with E-state index in [0.29, 0.717) is 0 Å². The molecular weight excluding hydrogens is 222 g/mol. The molecule has 4 bridgehead atoms. The Hall–Kier alpha value is -0.0800. The standard InChI is InChI=1S/C16H27NO/c18-16-8-11-6-12(9-16)15(13(7-11)10-16)17-14-4-2-1-3-5-14/h11-15,17-18H,1-10H2/t11?,12-,13-,15?,16?/m0/s1. The first-order chi connectivity index (χ1) is 8.72. The summed E-state index contributed by atoms with van der Waals surface area (Å²) in [6.07, 6.45) is 13.1. The van der Waals surface area contributed by atoms with E-state index in [0.717, 1.165) is 49.1 Å².